The molecule has 0 fully saturated rings. The summed E-state index contributed by atoms with van der Waals surface area (Å²) in [6, 6.07) is 15.9. The molecule has 29 heavy (non-hydrogen) atoms. The third-order valence-electron chi connectivity index (χ3n) is 5.26. The number of benzene rings is 3. The summed E-state index contributed by atoms with van der Waals surface area (Å²) in [4.78, 5) is 24.6. The van der Waals surface area contributed by atoms with Crippen molar-refractivity contribution in [1.82, 2.24) is 0 Å². The van der Waals surface area contributed by atoms with Gasteiger partial charge in [0.05, 0.1) is 11.5 Å². The van der Waals surface area contributed by atoms with Crippen molar-refractivity contribution in [3.8, 4) is 5.75 Å². The third kappa shape index (κ3) is 3.50. The zero-order valence-electron chi connectivity index (χ0n) is 15.5. The number of carbonyl (C=O) groups excluding carboxylic acids is 2. The first kappa shape index (κ1) is 19.2. The van der Waals surface area contributed by atoms with E-state index in [2.05, 4.69) is 0 Å². The van der Waals surface area contributed by atoms with E-state index in [0.717, 1.165) is 22.9 Å². The highest BCUT2D eigenvalue weighted by Gasteiger charge is 2.40. The molecule has 1 aliphatic rings. The summed E-state index contributed by atoms with van der Waals surface area (Å²) >= 11 is 0. The lowest BCUT2D eigenvalue weighted by Gasteiger charge is -2.32. The average Bonchev–Trinajstić information content (AvgIpc) is 2.68. The third-order valence-corrected chi connectivity index (χ3v) is 5.26. The van der Waals surface area contributed by atoms with Crippen LogP contribution in [0.5, 0.6) is 5.75 Å². The van der Waals surface area contributed by atoms with Crippen LogP contribution >= 0.6 is 0 Å². The van der Waals surface area contributed by atoms with E-state index in [0.29, 0.717) is 16.9 Å². The first-order valence-electron chi connectivity index (χ1n) is 9.15. The summed E-state index contributed by atoms with van der Waals surface area (Å²) in [5.74, 6) is -1.69. The van der Waals surface area contributed by atoms with Crippen molar-refractivity contribution in [3.05, 3.63) is 77.4 Å². The fraction of sp³-hybridized carbons (Fsp3) is 0.217. The number of ether oxygens (including phenoxy) is 1. The molecular weight excluding hydrogens is 381 g/mol. The van der Waals surface area contributed by atoms with Gasteiger partial charge in [-0.15, -0.1) is 0 Å². The molecular formula is C23H17F3O3. The van der Waals surface area contributed by atoms with Gasteiger partial charge in [-0.2, -0.15) is 13.2 Å². The average molecular weight is 398 g/mol. The van der Waals surface area contributed by atoms with Gasteiger partial charge in [0.15, 0.2) is 0 Å². The van der Waals surface area contributed by atoms with E-state index >= 15 is 0 Å². The van der Waals surface area contributed by atoms with Gasteiger partial charge in [0.2, 0.25) is 0 Å². The molecule has 1 aliphatic heterocycles. The van der Waals surface area contributed by atoms with Crippen LogP contribution in [0.25, 0.3) is 10.8 Å². The van der Waals surface area contributed by atoms with Gasteiger partial charge in [-0.25, -0.2) is 0 Å². The first-order valence-corrected chi connectivity index (χ1v) is 9.15. The van der Waals surface area contributed by atoms with Crippen LogP contribution in [0.15, 0.2) is 60.7 Å². The van der Waals surface area contributed by atoms with Gasteiger partial charge < -0.3 is 9.53 Å². The molecule has 0 saturated heterocycles. The van der Waals surface area contributed by atoms with Gasteiger partial charge >= 0.3 is 12.1 Å². The number of hydrogen-bond donors (Lipinski definition) is 0. The molecule has 148 valence electrons. The lowest BCUT2D eigenvalue weighted by molar-refractivity contribution is -0.142. The molecule has 0 spiro atoms. The summed E-state index contributed by atoms with van der Waals surface area (Å²) in [7, 11) is 0. The number of Topliss-reactive ketones (excluding diaryl/α,β-unsaturated/α-hetero) is 1. The normalized spacial score (nSPS) is 19.0. The second-order valence-electron chi connectivity index (χ2n) is 7.24. The molecule has 0 bridgehead atoms. The van der Waals surface area contributed by atoms with Crippen LogP contribution < -0.4 is 4.74 Å². The number of fused-ring (bicyclic) bond motifs is 3. The van der Waals surface area contributed by atoms with Crippen molar-refractivity contribution in [2.24, 2.45) is 5.92 Å². The molecule has 1 heterocycles. The van der Waals surface area contributed by atoms with E-state index in [-0.39, 0.29) is 12.2 Å². The van der Waals surface area contributed by atoms with Crippen LogP contribution in [0.1, 0.15) is 36.0 Å². The van der Waals surface area contributed by atoms with E-state index < -0.39 is 29.5 Å². The molecule has 0 saturated carbocycles. The molecule has 3 nitrogen and oxygen atoms in total. The molecule has 3 aromatic carbocycles. The Labute approximate surface area is 165 Å². The SMILES string of the molecule is CC(=O)C[C@@H]1C(=O)Oc2c(ccc3ccccc23)[C@@H]1c1ccc(C(F)(F)F)cc1. The number of hydrogen-bond acceptors (Lipinski definition) is 3. The van der Waals surface area contributed by atoms with Crippen LogP contribution in [0, 0.1) is 5.92 Å². The highest BCUT2D eigenvalue weighted by atomic mass is 19.4. The van der Waals surface area contributed by atoms with Crippen molar-refractivity contribution >= 4 is 22.5 Å². The van der Waals surface area contributed by atoms with Crippen molar-refractivity contribution < 1.29 is 27.5 Å². The Kier molecular flexibility index (Phi) is 4.65. The zero-order chi connectivity index (χ0) is 20.8. The molecule has 6 heteroatoms. The summed E-state index contributed by atoms with van der Waals surface area (Å²) in [5, 5.41) is 1.63. The van der Waals surface area contributed by atoms with Gasteiger partial charge in [-0.3, -0.25) is 4.79 Å². The molecule has 0 aromatic heterocycles. The lowest BCUT2D eigenvalue weighted by atomic mass is 9.76. The van der Waals surface area contributed by atoms with Gasteiger partial charge in [-0.1, -0.05) is 48.5 Å². The van der Waals surface area contributed by atoms with Gasteiger partial charge in [-0.05, 0) is 30.0 Å². The molecule has 0 unspecified atom stereocenters. The Morgan fingerprint density at radius 1 is 1.00 bits per heavy atom. The van der Waals surface area contributed by atoms with Crippen LogP contribution in [-0.2, 0) is 15.8 Å². The highest BCUT2D eigenvalue weighted by Crippen LogP contribution is 2.46. The summed E-state index contributed by atoms with van der Waals surface area (Å²) in [6.07, 6.45) is -4.49. The fourth-order valence-corrected chi connectivity index (χ4v) is 3.95. The van der Waals surface area contributed by atoms with E-state index in [9.17, 15) is 22.8 Å². The van der Waals surface area contributed by atoms with Crippen LogP contribution in [0.2, 0.25) is 0 Å². The zero-order valence-corrected chi connectivity index (χ0v) is 15.5. The molecule has 3 aromatic rings. The summed E-state index contributed by atoms with van der Waals surface area (Å²) in [5.41, 5.74) is 0.466. The van der Waals surface area contributed by atoms with Crippen LogP contribution in [0.3, 0.4) is 0 Å². The minimum Gasteiger partial charge on any atom is -0.425 e. The number of carbonyl (C=O) groups is 2. The lowest BCUT2D eigenvalue weighted by Crippen LogP contribution is -2.33. The standard InChI is InChI=1S/C23H17F3O3/c1-13(27)12-19-20(15-6-9-16(10-7-15)23(24,25)26)18-11-8-14-4-2-3-5-17(14)21(18)29-22(19)28/h2-11,19-20H,12H2,1H3/t19-,20-/m0/s1. The Balaban J connectivity index is 1.89. The Hall–Kier alpha value is -3.15. The van der Waals surface area contributed by atoms with Crippen molar-refractivity contribution in [1.29, 1.82) is 0 Å². The quantitative estimate of drug-likeness (QED) is 0.432. The molecule has 0 aliphatic carbocycles. The van der Waals surface area contributed by atoms with E-state index in [4.69, 9.17) is 4.74 Å². The monoisotopic (exact) mass is 398 g/mol. The van der Waals surface area contributed by atoms with Gasteiger partial charge in [0.1, 0.15) is 11.5 Å². The predicted octanol–water partition coefficient (Wildman–Crippen LogP) is 5.50. The van der Waals surface area contributed by atoms with Gasteiger partial charge in [0, 0.05) is 23.3 Å². The smallest absolute Gasteiger partial charge is 0.416 e. The highest BCUT2D eigenvalue weighted by molar-refractivity contribution is 5.95. The molecule has 2 atom stereocenters. The Morgan fingerprint density at radius 3 is 2.34 bits per heavy atom. The molecule has 4 rings (SSSR count). The minimum atomic E-state index is -4.45. The number of esters is 1. The van der Waals surface area contributed by atoms with Gasteiger partial charge in [0.25, 0.3) is 0 Å². The van der Waals surface area contributed by atoms with Crippen LogP contribution in [0.4, 0.5) is 13.2 Å². The Bertz CT molecular complexity index is 1100. The second kappa shape index (κ2) is 7.03. The van der Waals surface area contributed by atoms with Crippen molar-refractivity contribution in [3.63, 3.8) is 0 Å². The Morgan fingerprint density at radius 2 is 1.69 bits per heavy atom. The summed E-state index contributed by atoms with van der Waals surface area (Å²) in [6.45, 7) is 1.38. The number of ketones is 1. The minimum absolute atomic E-state index is 0.0449. The van der Waals surface area contributed by atoms with E-state index in [1.54, 1.807) is 0 Å². The number of alkyl halides is 3. The first-order chi connectivity index (χ1) is 13.8. The summed E-state index contributed by atoms with van der Waals surface area (Å²) < 4.78 is 44.5. The number of rotatable bonds is 3. The van der Waals surface area contributed by atoms with E-state index in [1.165, 1.54) is 19.1 Å². The predicted molar refractivity (Wildman–Crippen MR) is 102 cm³/mol. The van der Waals surface area contributed by atoms with E-state index in [1.807, 2.05) is 36.4 Å². The topological polar surface area (TPSA) is 43.4 Å². The van der Waals surface area contributed by atoms with Crippen molar-refractivity contribution in [2.45, 2.75) is 25.4 Å². The maximum Gasteiger partial charge on any atom is 0.416 e. The molecule has 0 N–H and O–H groups in total. The van der Waals surface area contributed by atoms with Crippen LogP contribution in [-0.4, -0.2) is 11.8 Å². The molecule has 0 radical (unpaired) electrons. The van der Waals surface area contributed by atoms with Crippen molar-refractivity contribution in [2.75, 3.05) is 0 Å². The molecule has 0 amide bonds. The largest absolute Gasteiger partial charge is 0.425 e. The fourth-order valence-electron chi connectivity index (χ4n) is 3.95. The number of halogens is 3. The maximum atomic E-state index is 13.0. The maximum absolute atomic E-state index is 13.0. The second-order valence-corrected chi connectivity index (χ2v) is 7.24.